The Morgan fingerprint density at radius 3 is 1.16 bits per heavy atom. The van der Waals surface area contributed by atoms with Crippen LogP contribution in [0.2, 0.25) is 0 Å². The van der Waals surface area contributed by atoms with Crippen molar-refractivity contribution in [2.24, 2.45) is 0 Å². The van der Waals surface area contributed by atoms with E-state index in [1.807, 2.05) is 6.08 Å². The molecule has 6 N–H and O–H groups in total. The molecule has 1 rings (SSSR count). The molecule has 9 nitrogen and oxygen atoms in total. The van der Waals surface area contributed by atoms with Crippen molar-refractivity contribution in [2.75, 3.05) is 13.2 Å². The van der Waals surface area contributed by atoms with Crippen LogP contribution in [0.15, 0.2) is 146 Å². The normalized spacial score (nSPS) is 19.2. The number of hydrogen-bond donors (Lipinski definition) is 6. The SMILES string of the molecule is CC/C=C\C/C=C\C/C=C\C/C=C\C/C=C\C/C=C\C/C=C\C/C=C\C/C=C\C/C=C\CCCCCCCCC(=O)NC(COC1OC(CO)C(O)C(O)C1O)C(O)/C=C/CC/C=C/CCCCCCCCCCCCCCCCCCC. The summed E-state index contributed by atoms with van der Waals surface area (Å²) in [5.41, 5.74) is 0. The van der Waals surface area contributed by atoms with Crippen LogP contribution in [0.4, 0.5) is 0 Å². The van der Waals surface area contributed by atoms with Crippen LogP contribution in [0.5, 0.6) is 0 Å². The number of unbranched alkanes of at least 4 members (excludes halogenated alkanes) is 24. The van der Waals surface area contributed by atoms with Crippen molar-refractivity contribution in [3.05, 3.63) is 146 Å². The Kier molecular flexibility index (Phi) is 56.8. The smallest absolute Gasteiger partial charge is 0.220 e. The number of amides is 1. The summed E-state index contributed by atoms with van der Waals surface area (Å²) in [6, 6.07) is -0.842. The Morgan fingerprint density at radius 1 is 0.422 bits per heavy atom. The molecule has 1 amide bonds. The third-order valence-corrected chi connectivity index (χ3v) is 14.9. The first-order chi connectivity index (χ1) is 40.8. The van der Waals surface area contributed by atoms with Crippen LogP contribution in [-0.2, 0) is 14.3 Å². The van der Waals surface area contributed by atoms with Gasteiger partial charge in [-0.25, -0.2) is 0 Å². The second-order valence-corrected chi connectivity index (χ2v) is 22.5. The average Bonchev–Trinajstić information content (AvgIpc) is 3.60. The molecule has 1 saturated heterocycles. The summed E-state index contributed by atoms with van der Waals surface area (Å²) in [5.74, 6) is -0.206. The molecule has 0 aliphatic carbocycles. The van der Waals surface area contributed by atoms with Gasteiger partial charge >= 0.3 is 0 Å². The van der Waals surface area contributed by atoms with Gasteiger partial charge in [0.1, 0.15) is 24.4 Å². The molecule has 0 aromatic heterocycles. The third-order valence-electron chi connectivity index (χ3n) is 14.9. The molecular weight excluding hydrogens is 1030 g/mol. The van der Waals surface area contributed by atoms with Crippen LogP contribution in [0.1, 0.15) is 258 Å². The number of carbonyl (C=O) groups is 1. The molecule has 83 heavy (non-hydrogen) atoms. The van der Waals surface area contributed by atoms with Gasteiger partial charge < -0.3 is 40.3 Å². The van der Waals surface area contributed by atoms with E-state index >= 15 is 0 Å². The monoisotopic (exact) mass is 1150 g/mol. The first-order valence-corrected chi connectivity index (χ1v) is 33.6. The van der Waals surface area contributed by atoms with Crippen LogP contribution in [-0.4, -0.2) is 87.5 Å². The number of aliphatic hydroxyl groups is 5. The van der Waals surface area contributed by atoms with Gasteiger partial charge in [-0.15, -0.1) is 0 Å². The molecule has 1 fully saturated rings. The summed E-state index contributed by atoms with van der Waals surface area (Å²) in [6.45, 7) is 3.65. The maximum Gasteiger partial charge on any atom is 0.220 e. The zero-order valence-corrected chi connectivity index (χ0v) is 52.6. The lowest BCUT2D eigenvalue weighted by molar-refractivity contribution is -0.302. The van der Waals surface area contributed by atoms with Crippen molar-refractivity contribution in [3.63, 3.8) is 0 Å². The molecule has 1 aliphatic rings. The number of rotatable bonds is 56. The van der Waals surface area contributed by atoms with Gasteiger partial charge in [0, 0.05) is 6.42 Å². The molecule has 1 heterocycles. The Bertz CT molecular complexity index is 1820. The van der Waals surface area contributed by atoms with Crippen LogP contribution < -0.4 is 5.32 Å². The van der Waals surface area contributed by atoms with Crippen molar-refractivity contribution in [2.45, 2.75) is 301 Å². The minimum atomic E-state index is -1.58. The summed E-state index contributed by atoms with van der Waals surface area (Å²) >= 11 is 0. The van der Waals surface area contributed by atoms with Crippen LogP contribution in [0, 0.1) is 0 Å². The molecule has 0 bridgehead atoms. The van der Waals surface area contributed by atoms with Crippen LogP contribution in [0.25, 0.3) is 0 Å². The molecule has 9 heteroatoms. The van der Waals surface area contributed by atoms with Crippen LogP contribution in [0.3, 0.4) is 0 Å². The number of nitrogens with one attached hydrogen (secondary N) is 1. The maximum absolute atomic E-state index is 13.1. The van der Waals surface area contributed by atoms with E-state index in [2.05, 4.69) is 153 Å². The first-order valence-electron chi connectivity index (χ1n) is 33.6. The fraction of sp³-hybridized carbons (Fsp3) is 0.662. The summed E-state index contributed by atoms with van der Waals surface area (Å²) in [6.07, 6.45) is 87.9. The van der Waals surface area contributed by atoms with E-state index < -0.39 is 49.5 Å². The van der Waals surface area contributed by atoms with Gasteiger partial charge in [-0.3, -0.25) is 4.79 Å². The molecule has 0 spiro atoms. The molecule has 0 saturated carbocycles. The molecule has 7 atom stereocenters. The highest BCUT2D eigenvalue weighted by Crippen LogP contribution is 2.23. The highest BCUT2D eigenvalue weighted by atomic mass is 16.7. The van der Waals surface area contributed by atoms with Crippen molar-refractivity contribution in [1.29, 1.82) is 0 Å². The number of allylic oxidation sites excluding steroid dienone is 23. The van der Waals surface area contributed by atoms with E-state index in [-0.39, 0.29) is 12.5 Å². The highest BCUT2D eigenvalue weighted by Gasteiger charge is 2.44. The lowest BCUT2D eigenvalue weighted by Crippen LogP contribution is -2.60. The lowest BCUT2D eigenvalue weighted by atomic mass is 9.99. The van der Waals surface area contributed by atoms with Crippen molar-refractivity contribution < 1.29 is 39.8 Å². The fourth-order valence-corrected chi connectivity index (χ4v) is 9.67. The minimum Gasteiger partial charge on any atom is -0.394 e. The topological polar surface area (TPSA) is 149 Å². The van der Waals surface area contributed by atoms with Crippen molar-refractivity contribution in [3.8, 4) is 0 Å². The van der Waals surface area contributed by atoms with Gasteiger partial charge in [0.15, 0.2) is 6.29 Å². The van der Waals surface area contributed by atoms with Crippen molar-refractivity contribution in [1.82, 2.24) is 5.32 Å². The summed E-state index contributed by atoms with van der Waals surface area (Å²) < 4.78 is 11.3. The molecule has 0 aromatic carbocycles. The number of aliphatic hydroxyl groups excluding tert-OH is 5. The lowest BCUT2D eigenvalue weighted by Gasteiger charge is -2.40. The number of hydrogen-bond acceptors (Lipinski definition) is 8. The minimum absolute atomic E-state index is 0.206. The standard InChI is InChI=1S/C74H123NO8/c1-3-5-7-9-11-13-15-17-19-21-23-25-27-28-29-30-31-32-33-34-35-36-37-38-39-40-42-44-46-48-50-52-54-56-58-60-62-64-70(78)75-67(66-82-74-73(81)72(80)71(79)69(65-76)83-74)68(77)63-61-59-57-55-53-51-49-47-45-43-41-26-24-22-20-18-16-14-12-10-8-6-4-2/h5,7,11,13,17,19,23,25,28-29,31-32,34-35,37-38,40,42,46,48,53,55,61,63,67-69,71-74,76-77,79-81H,3-4,6,8-10,12,14-16,18,20-22,24,26-27,30,33,36,39,41,43-45,47,49-52,54,56-60,62,64-66H2,1-2H3,(H,75,78)/b7-5-,13-11-,19-17-,25-23-,29-28-,32-31-,35-34-,38-37-,42-40-,48-46-,55-53+,63-61+. The molecule has 1 aliphatic heterocycles. The van der Waals surface area contributed by atoms with E-state index in [4.69, 9.17) is 9.47 Å². The largest absolute Gasteiger partial charge is 0.394 e. The Labute approximate surface area is 508 Å². The van der Waals surface area contributed by atoms with Gasteiger partial charge in [0.2, 0.25) is 5.91 Å². The van der Waals surface area contributed by atoms with Gasteiger partial charge in [-0.05, 0) is 109 Å². The molecule has 7 unspecified atom stereocenters. The third kappa shape index (κ3) is 50.0. The van der Waals surface area contributed by atoms with Crippen LogP contribution >= 0.6 is 0 Å². The molecular formula is C74H123NO8. The Morgan fingerprint density at radius 2 is 0.759 bits per heavy atom. The second kappa shape index (κ2) is 61.2. The molecule has 472 valence electrons. The van der Waals surface area contributed by atoms with Gasteiger partial charge in [0.25, 0.3) is 0 Å². The molecule has 0 radical (unpaired) electrons. The van der Waals surface area contributed by atoms with E-state index in [9.17, 15) is 30.3 Å². The quantitative estimate of drug-likeness (QED) is 0.0261. The summed E-state index contributed by atoms with van der Waals surface area (Å²) in [5, 5.41) is 54.7. The summed E-state index contributed by atoms with van der Waals surface area (Å²) in [7, 11) is 0. The second-order valence-electron chi connectivity index (χ2n) is 22.5. The van der Waals surface area contributed by atoms with E-state index in [1.165, 1.54) is 109 Å². The molecule has 0 aromatic rings. The fourth-order valence-electron chi connectivity index (χ4n) is 9.67. The van der Waals surface area contributed by atoms with E-state index in [0.717, 1.165) is 128 Å². The van der Waals surface area contributed by atoms with Crippen molar-refractivity contribution >= 4 is 5.91 Å². The zero-order chi connectivity index (χ0) is 60.0. The van der Waals surface area contributed by atoms with Gasteiger partial charge in [0.05, 0.1) is 25.4 Å². The summed E-state index contributed by atoms with van der Waals surface area (Å²) in [4.78, 5) is 13.1. The first kappa shape index (κ1) is 77.1. The Balaban J connectivity index is 2.22. The number of ether oxygens (including phenoxy) is 2. The maximum atomic E-state index is 13.1. The predicted octanol–water partition coefficient (Wildman–Crippen LogP) is 18.2. The zero-order valence-electron chi connectivity index (χ0n) is 52.6. The van der Waals surface area contributed by atoms with E-state index in [1.54, 1.807) is 6.08 Å². The van der Waals surface area contributed by atoms with Gasteiger partial charge in [-0.1, -0.05) is 288 Å². The van der Waals surface area contributed by atoms with Gasteiger partial charge in [-0.2, -0.15) is 0 Å². The highest BCUT2D eigenvalue weighted by molar-refractivity contribution is 5.76. The Hall–Kier alpha value is -3.93. The average molecular weight is 1150 g/mol. The predicted molar refractivity (Wildman–Crippen MR) is 354 cm³/mol. The van der Waals surface area contributed by atoms with E-state index in [0.29, 0.717) is 6.42 Å². The number of carbonyl (C=O) groups excluding carboxylic acids is 1.